The topological polar surface area (TPSA) is 67.2 Å². The van der Waals surface area contributed by atoms with Gasteiger partial charge in [-0.25, -0.2) is 4.98 Å². The fourth-order valence-corrected chi connectivity index (χ4v) is 6.49. The molecule has 2 amide bonds. The predicted octanol–water partition coefficient (Wildman–Crippen LogP) is 4.86. The van der Waals surface area contributed by atoms with Crippen LogP contribution >= 0.6 is 23.1 Å². The van der Waals surface area contributed by atoms with Gasteiger partial charge in [0.1, 0.15) is 5.69 Å². The molecule has 1 aliphatic heterocycles. The van der Waals surface area contributed by atoms with Gasteiger partial charge in [-0.15, -0.1) is 23.1 Å². The summed E-state index contributed by atoms with van der Waals surface area (Å²) in [5, 5.41) is 4.83. The van der Waals surface area contributed by atoms with Gasteiger partial charge in [0.25, 0.3) is 11.8 Å². The van der Waals surface area contributed by atoms with Crippen LogP contribution in [0.3, 0.4) is 0 Å². The lowest BCUT2D eigenvalue weighted by atomic mass is 10.1. The van der Waals surface area contributed by atoms with E-state index in [0.29, 0.717) is 24.3 Å². The van der Waals surface area contributed by atoms with Gasteiger partial charge in [0.15, 0.2) is 0 Å². The predicted molar refractivity (Wildman–Crippen MR) is 140 cm³/mol. The number of nitrogens with one attached hydrogen (secondary N) is 1. The van der Waals surface area contributed by atoms with Crippen molar-refractivity contribution in [2.45, 2.75) is 19.2 Å². The summed E-state index contributed by atoms with van der Waals surface area (Å²) < 4.78 is 1.96. The van der Waals surface area contributed by atoms with Gasteiger partial charge in [-0.2, -0.15) is 0 Å². The zero-order valence-corrected chi connectivity index (χ0v) is 21.0. The highest BCUT2D eigenvalue weighted by molar-refractivity contribution is 8.00. The Morgan fingerprint density at radius 3 is 2.79 bits per heavy atom. The highest BCUT2D eigenvalue weighted by Crippen LogP contribution is 2.34. The van der Waals surface area contributed by atoms with E-state index >= 15 is 0 Å². The Morgan fingerprint density at radius 2 is 1.97 bits per heavy atom. The molecule has 0 radical (unpaired) electrons. The molecule has 2 aromatic carbocycles. The third kappa shape index (κ3) is 4.23. The lowest BCUT2D eigenvalue weighted by molar-refractivity contribution is 0.0747. The third-order valence-electron chi connectivity index (χ3n) is 6.05. The van der Waals surface area contributed by atoms with Crippen LogP contribution in [0.4, 0.5) is 0 Å². The molecule has 1 N–H and O–H groups in total. The molecule has 0 bridgehead atoms. The molecule has 174 valence electrons. The number of hydrogen-bond donors (Lipinski definition) is 1. The molecule has 1 fully saturated rings. The summed E-state index contributed by atoms with van der Waals surface area (Å²) in [5.41, 5.74) is 4.21. The van der Waals surface area contributed by atoms with E-state index in [4.69, 9.17) is 0 Å². The lowest BCUT2D eigenvalue weighted by Gasteiger charge is -2.24. The molecule has 0 spiro atoms. The van der Waals surface area contributed by atoms with E-state index in [-0.39, 0.29) is 17.2 Å². The van der Waals surface area contributed by atoms with E-state index in [9.17, 15) is 9.59 Å². The summed E-state index contributed by atoms with van der Waals surface area (Å²) in [5.74, 6) is 0.634. The molecule has 3 heterocycles. The van der Waals surface area contributed by atoms with Crippen molar-refractivity contribution in [1.82, 2.24) is 19.8 Å². The number of benzene rings is 2. The Kier molecular flexibility index (Phi) is 6.18. The van der Waals surface area contributed by atoms with Crippen LogP contribution in [0.1, 0.15) is 31.4 Å². The first-order valence-corrected chi connectivity index (χ1v) is 13.1. The second kappa shape index (κ2) is 9.27. The Balaban J connectivity index is 1.34. The molecule has 1 unspecified atom stereocenters. The van der Waals surface area contributed by atoms with Crippen molar-refractivity contribution in [3.63, 3.8) is 0 Å². The van der Waals surface area contributed by atoms with Gasteiger partial charge in [-0.1, -0.05) is 42.0 Å². The molecule has 1 aliphatic rings. The highest BCUT2D eigenvalue weighted by atomic mass is 32.2. The van der Waals surface area contributed by atoms with Crippen LogP contribution in [-0.2, 0) is 7.05 Å². The van der Waals surface area contributed by atoms with Crippen LogP contribution < -0.4 is 5.32 Å². The summed E-state index contributed by atoms with van der Waals surface area (Å²) in [4.78, 5) is 34.0. The molecule has 2 aromatic heterocycles. The number of carbonyl (C=O) groups is 2. The quantitative estimate of drug-likeness (QED) is 0.434. The van der Waals surface area contributed by atoms with Crippen LogP contribution in [0, 0.1) is 13.8 Å². The van der Waals surface area contributed by atoms with Gasteiger partial charge in [0.2, 0.25) is 0 Å². The first-order chi connectivity index (χ1) is 16.4. The van der Waals surface area contributed by atoms with Gasteiger partial charge in [0, 0.05) is 37.5 Å². The van der Waals surface area contributed by atoms with Gasteiger partial charge < -0.3 is 14.8 Å². The number of para-hydroxylation sites is 1. The standard InChI is InChI=1S/C26H26N4O2S2/c1-16-6-4-8-19(14-16)24-22(28-17(2)34-24)26(32)30-12-13-33-21(30)15-27-25(31)20-9-5-7-18-10-11-29(3)23(18)20/h4-11,14,21H,12-13,15H2,1-3H3,(H,27,31). The lowest BCUT2D eigenvalue weighted by Crippen LogP contribution is -2.42. The third-order valence-corrected chi connectivity index (χ3v) is 8.29. The number of nitrogens with zero attached hydrogens (tertiary/aromatic N) is 3. The van der Waals surface area contributed by atoms with Crippen LogP contribution in [-0.4, -0.2) is 50.5 Å². The minimum absolute atomic E-state index is 0.0744. The summed E-state index contributed by atoms with van der Waals surface area (Å²) in [6.07, 6.45) is 1.95. The van der Waals surface area contributed by atoms with Gasteiger partial charge in [0.05, 0.1) is 26.3 Å². The first kappa shape index (κ1) is 22.7. The maximum Gasteiger partial charge on any atom is 0.274 e. The molecule has 4 aromatic rings. The van der Waals surface area contributed by atoms with Crippen molar-refractivity contribution in [3.8, 4) is 10.4 Å². The fraction of sp³-hybridized carbons (Fsp3) is 0.269. The zero-order valence-electron chi connectivity index (χ0n) is 19.4. The van der Waals surface area contributed by atoms with Crippen molar-refractivity contribution in [2.24, 2.45) is 7.05 Å². The second-order valence-corrected chi connectivity index (χ2v) is 11.0. The number of carbonyl (C=O) groups excluding carboxylic acids is 2. The highest BCUT2D eigenvalue weighted by Gasteiger charge is 2.33. The van der Waals surface area contributed by atoms with Gasteiger partial charge >= 0.3 is 0 Å². The van der Waals surface area contributed by atoms with Crippen LogP contribution in [0.5, 0.6) is 0 Å². The van der Waals surface area contributed by atoms with Crippen LogP contribution in [0.15, 0.2) is 54.7 Å². The number of hydrogen-bond acceptors (Lipinski definition) is 5. The summed E-state index contributed by atoms with van der Waals surface area (Å²) in [6, 6.07) is 15.9. The van der Waals surface area contributed by atoms with E-state index < -0.39 is 0 Å². The molecule has 6 nitrogen and oxygen atoms in total. The zero-order chi connectivity index (χ0) is 23.8. The largest absolute Gasteiger partial charge is 0.350 e. The number of amides is 2. The van der Waals surface area contributed by atoms with E-state index in [1.807, 2.05) is 79.0 Å². The molecule has 5 rings (SSSR count). The Labute approximate surface area is 207 Å². The molecular formula is C26H26N4O2S2. The van der Waals surface area contributed by atoms with Crippen molar-refractivity contribution < 1.29 is 9.59 Å². The Hall–Kier alpha value is -3.10. The first-order valence-electron chi connectivity index (χ1n) is 11.2. The van der Waals surface area contributed by atoms with Gasteiger partial charge in [-0.3, -0.25) is 9.59 Å². The molecular weight excluding hydrogens is 464 g/mol. The van der Waals surface area contributed by atoms with Crippen molar-refractivity contribution in [1.29, 1.82) is 0 Å². The number of thiazole rings is 1. The number of aryl methyl sites for hydroxylation is 3. The fourth-order valence-electron chi connectivity index (χ4n) is 4.43. The molecule has 0 saturated carbocycles. The monoisotopic (exact) mass is 490 g/mol. The number of fused-ring (bicyclic) bond motifs is 1. The molecule has 34 heavy (non-hydrogen) atoms. The summed E-state index contributed by atoms with van der Waals surface area (Å²) >= 11 is 3.24. The molecule has 0 aliphatic carbocycles. The smallest absolute Gasteiger partial charge is 0.274 e. The maximum atomic E-state index is 13.6. The van der Waals surface area contributed by atoms with Gasteiger partial charge in [-0.05, 0) is 31.5 Å². The van der Waals surface area contributed by atoms with E-state index in [1.165, 1.54) is 0 Å². The molecule has 8 heteroatoms. The summed E-state index contributed by atoms with van der Waals surface area (Å²) in [6.45, 7) is 5.01. The number of rotatable bonds is 5. The minimum Gasteiger partial charge on any atom is -0.350 e. The molecule has 1 saturated heterocycles. The van der Waals surface area contributed by atoms with Crippen molar-refractivity contribution in [3.05, 3.63) is 76.6 Å². The molecule has 1 atom stereocenters. The number of thioether (sulfide) groups is 1. The van der Waals surface area contributed by atoms with Crippen LogP contribution in [0.25, 0.3) is 21.3 Å². The Morgan fingerprint density at radius 1 is 1.15 bits per heavy atom. The van der Waals surface area contributed by atoms with Crippen molar-refractivity contribution in [2.75, 3.05) is 18.8 Å². The second-order valence-electron chi connectivity index (χ2n) is 8.48. The van der Waals surface area contributed by atoms with E-state index in [0.717, 1.165) is 37.7 Å². The summed E-state index contributed by atoms with van der Waals surface area (Å²) in [7, 11) is 1.94. The van der Waals surface area contributed by atoms with Crippen molar-refractivity contribution >= 4 is 45.8 Å². The minimum atomic E-state index is -0.128. The van der Waals surface area contributed by atoms with E-state index in [1.54, 1.807) is 23.1 Å². The Bertz CT molecular complexity index is 1390. The average Bonchev–Trinajstić information content (AvgIpc) is 3.55. The SMILES string of the molecule is Cc1cccc(-c2sc(C)nc2C(=O)N2CCSC2CNC(=O)c2cccc3ccn(C)c23)c1. The van der Waals surface area contributed by atoms with Crippen LogP contribution in [0.2, 0.25) is 0 Å². The maximum absolute atomic E-state index is 13.6. The van der Waals surface area contributed by atoms with E-state index in [2.05, 4.69) is 16.4 Å². The average molecular weight is 491 g/mol. The number of aromatic nitrogens is 2. The normalized spacial score (nSPS) is 15.7.